The van der Waals surface area contributed by atoms with Gasteiger partial charge in [-0.05, 0) is 31.0 Å². The lowest BCUT2D eigenvalue weighted by Gasteiger charge is -2.10. The first-order valence-electron chi connectivity index (χ1n) is 5.45. The monoisotopic (exact) mass is 241 g/mol. The SMILES string of the molecule is CCOc1ccc(N)c(S(=O)CC(C)C)c1. The minimum atomic E-state index is -1.04. The van der Waals surface area contributed by atoms with Crippen molar-refractivity contribution in [2.45, 2.75) is 25.7 Å². The molecule has 0 heterocycles. The molecule has 1 unspecified atom stereocenters. The van der Waals surface area contributed by atoms with Gasteiger partial charge in [-0.15, -0.1) is 0 Å². The quantitative estimate of drug-likeness (QED) is 0.805. The van der Waals surface area contributed by atoms with Gasteiger partial charge in [0.25, 0.3) is 0 Å². The summed E-state index contributed by atoms with van der Waals surface area (Å²) in [6.45, 7) is 6.60. The molecule has 0 aliphatic carbocycles. The summed E-state index contributed by atoms with van der Waals surface area (Å²) < 4.78 is 17.4. The highest BCUT2D eigenvalue weighted by molar-refractivity contribution is 7.85. The van der Waals surface area contributed by atoms with Crippen LogP contribution in [-0.2, 0) is 10.8 Å². The minimum Gasteiger partial charge on any atom is -0.494 e. The molecule has 90 valence electrons. The highest BCUT2D eigenvalue weighted by Crippen LogP contribution is 2.23. The van der Waals surface area contributed by atoms with E-state index in [4.69, 9.17) is 10.5 Å². The number of benzene rings is 1. The molecule has 4 heteroatoms. The van der Waals surface area contributed by atoms with Crippen LogP contribution in [0.15, 0.2) is 23.1 Å². The van der Waals surface area contributed by atoms with Gasteiger partial charge in [0, 0.05) is 11.4 Å². The first-order chi connectivity index (χ1) is 7.54. The van der Waals surface area contributed by atoms with Crippen LogP contribution in [-0.4, -0.2) is 16.6 Å². The summed E-state index contributed by atoms with van der Waals surface area (Å²) in [5, 5.41) is 0. The second kappa shape index (κ2) is 5.89. The van der Waals surface area contributed by atoms with Gasteiger partial charge >= 0.3 is 0 Å². The molecule has 0 fully saturated rings. The Morgan fingerprint density at radius 3 is 2.69 bits per heavy atom. The Morgan fingerprint density at radius 2 is 2.12 bits per heavy atom. The Balaban J connectivity index is 2.93. The fourth-order valence-electron chi connectivity index (χ4n) is 1.36. The van der Waals surface area contributed by atoms with Crippen molar-refractivity contribution < 1.29 is 8.95 Å². The van der Waals surface area contributed by atoms with Crippen molar-refractivity contribution in [3.63, 3.8) is 0 Å². The van der Waals surface area contributed by atoms with E-state index in [1.54, 1.807) is 18.2 Å². The van der Waals surface area contributed by atoms with Crippen LogP contribution in [0.5, 0.6) is 5.75 Å². The average Bonchev–Trinajstić information content (AvgIpc) is 2.20. The molecule has 1 aromatic rings. The third kappa shape index (κ3) is 3.52. The zero-order valence-electron chi connectivity index (χ0n) is 10.0. The van der Waals surface area contributed by atoms with Crippen molar-refractivity contribution in [2.75, 3.05) is 18.1 Å². The van der Waals surface area contributed by atoms with Crippen molar-refractivity contribution in [3.8, 4) is 5.75 Å². The van der Waals surface area contributed by atoms with E-state index < -0.39 is 10.8 Å². The van der Waals surface area contributed by atoms with Gasteiger partial charge in [-0.2, -0.15) is 0 Å². The second-order valence-electron chi connectivity index (χ2n) is 4.04. The van der Waals surface area contributed by atoms with Crippen LogP contribution >= 0.6 is 0 Å². The number of nitrogens with two attached hydrogens (primary N) is 1. The fourth-order valence-corrected chi connectivity index (χ4v) is 2.72. The number of anilines is 1. The van der Waals surface area contributed by atoms with E-state index in [0.717, 1.165) is 5.75 Å². The van der Waals surface area contributed by atoms with Gasteiger partial charge in [-0.3, -0.25) is 4.21 Å². The Labute approximate surface area is 99.4 Å². The Bertz CT molecular complexity index is 377. The van der Waals surface area contributed by atoms with Gasteiger partial charge in [-0.1, -0.05) is 13.8 Å². The molecule has 1 rings (SSSR count). The summed E-state index contributed by atoms with van der Waals surface area (Å²) >= 11 is 0. The molecule has 0 aliphatic rings. The molecule has 0 amide bonds. The maximum Gasteiger partial charge on any atom is 0.120 e. The van der Waals surface area contributed by atoms with E-state index in [0.29, 0.717) is 28.9 Å². The summed E-state index contributed by atoms with van der Waals surface area (Å²) in [7, 11) is -1.04. The van der Waals surface area contributed by atoms with Crippen molar-refractivity contribution in [1.29, 1.82) is 0 Å². The molecule has 3 nitrogen and oxygen atoms in total. The molecule has 1 atom stereocenters. The molecular weight excluding hydrogens is 222 g/mol. The normalized spacial score (nSPS) is 12.8. The van der Waals surface area contributed by atoms with Gasteiger partial charge in [0.2, 0.25) is 0 Å². The number of hydrogen-bond acceptors (Lipinski definition) is 3. The van der Waals surface area contributed by atoms with Crippen LogP contribution in [0.2, 0.25) is 0 Å². The molecule has 16 heavy (non-hydrogen) atoms. The fraction of sp³-hybridized carbons (Fsp3) is 0.500. The molecular formula is C12H19NO2S. The molecule has 0 aromatic heterocycles. The van der Waals surface area contributed by atoms with Crippen LogP contribution in [0.1, 0.15) is 20.8 Å². The van der Waals surface area contributed by atoms with E-state index in [9.17, 15) is 4.21 Å². The third-order valence-electron chi connectivity index (χ3n) is 2.03. The van der Waals surface area contributed by atoms with Crippen molar-refractivity contribution in [2.24, 2.45) is 5.92 Å². The second-order valence-corrected chi connectivity index (χ2v) is 5.50. The number of nitrogen functional groups attached to an aromatic ring is 1. The van der Waals surface area contributed by atoms with E-state index in [-0.39, 0.29) is 0 Å². The molecule has 0 bridgehead atoms. The van der Waals surface area contributed by atoms with Gasteiger partial charge in [0.05, 0.1) is 22.3 Å². The third-order valence-corrected chi connectivity index (χ3v) is 3.84. The van der Waals surface area contributed by atoms with Crippen LogP contribution in [0.25, 0.3) is 0 Å². The van der Waals surface area contributed by atoms with E-state index in [1.165, 1.54) is 0 Å². The highest BCUT2D eigenvalue weighted by atomic mass is 32.2. The Hall–Kier alpha value is -1.03. The van der Waals surface area contributed by atoms with Crippen LogP contribution < -0.4 is 10.5 Å². The van der Waals surface area contributed by atoms with Crippen LogP contribution in [0, 0.1) is 5.92 Å². The Kier molecular flexibility index (Phi) is 4.80. The maximum atomic E-state index is 12.0. The van der Waals surface area contributed by atoms with Crippen molar-refractivity contribution >= 4 is 16.5 Å². The highest BCUT2D eigenvalue weighted by Gasteiger charge is 2.11. The van der Waals surface area contributed by atoms with Crippen molar-refractivity contribution in [1.82, 2.24) is 0 Å². The number of rotatable bonds is 5. The van der Waals surface area contributed by atoms with Crippen LogP contribution in [0.3, 0.4) is 0 Å². The summed E-state index contributed by atoms with van der Waals surface area (Å²) in [6.07, 6.45) is 0. The lowest BCUT2D eigenvalue weighted by molar-refractivity contribution is 0.339. The summed E-state index contributed by atoms with van der Waals surface area (Å²) in [6, 6.07) is 5.32. The summed E-state index contributed by atoms with van der Waals surface area (Å²) in [4.78, 5) is 0.680. The predicted octanol–water partition coefficient (Wildman–Crippen LogP) is 2.43. The first-order valence-corrected chi connectivity index (χ1v) is 6.77. The summed E-state index contributed by atoms with van der Waals surface area (Å²) in [5.41, 5.74) is 6.39. The molecule has 0 saturated heterocycles. The van der Waals surface area contributed by atoms with Crippen molar-refractivity contribution in [3.05, 3.63) is 18.2 Å². The van der Waals surface area contributed by atoms with Gasteiger partial charge in [0.1, 0.15) is 5.75 Å². The predicted molar refractivity (Wildman–Crippen MR) is 68.1 cm³/mol. The minimum absolute atomic E-state index is 0.385. The first kappa shape index (κ1) is 13.0. The zero-order valence-corrected chi connectivity index (χ0v) is 10.8. The number of ether oxygens (including phenoxy) is 1. The van der Waals surface area contributed by atoms with E-state index in [1.807, 2.05) is 20.8 Å². The summed E-state index contributed by atoms with van der Waals surface area (Å²) in [5.74, 6) is 1.74. The van der Waals surface area contributed by atoms with E-state index in [2.05, 4.69) is 0 Å². The largest absolute Gasteiger partial charge is 0.494 e. The lowest BCUT2D eigenvalue weighted by Crippen LogP contribution is -2.07. The van der Waals surface area contributed by atoms with Gasteiger partial charge in [0.15, 0.2) is 0 Å². The topological polar surface area (TPSA) is 52.3 Å². The van der Waals surface area contributed by atoms with Crippen LogP contribution in [0.4, 0.5) is 5.69 Å². The molecule has 0 saturated carbocycles. The molecule has 0 radical (unpaired) electrons. The molecule has 0 aliphatic heterocycles. The number of hydrogen-bond donors (Lipinski definition) is 1. The zero-order chi connectivity index (χ0) is 12.1. The smallest absolute Gasteiger partial charge is 0.120 e. The molecule has 0 spiro atoms. The Morgan fingerprint density at radius 1 is 1.44 bits per heavy atom. The molecule has 1 aromatic carbocycles. The van der Waals surface area contributed by atoms with Gasteiger partial charge < -0.3 is 10.5 Å². The standard InChI is InChI=1S/C12H19NO2S/c1-4-15-10-5-6-11(13)12(7-10)16(14)8-9(2)3/h5-7,9H,4,8,13H2,1-3H3. The maximum absolute atomic E-state index is 12.0. The molecule has 2 N–H and O–H groups in total. The average molecular weight is 241 g/mol. The van der Waals surface area contributed by atoms with E-state index >= 15 is 0 Å². The lowest BCUT2D eigenvalue weighted by atomic mass is 10.3. The van der Waals surface area contributed by atoms with Gasteiger partial charge in [-0.25, -0.2) is 0 Å².